The summed E-state index contributed by atoms with van der Waals surface area (Å²) in [5.74, 6) is -0.581. The summed E-state index contributed by atoms with van der Waals surface area (Å²) in [7, 11) is 1.82. The number of para-hydroxylation sites is 1. The number of benzene rings is 2. The molecule has 4 aromatic rings. The van der Waals surface area contributed by atoms with Crippen LogP contribution in [0.2, 0.25) is 0 Å². The zero-order valence-corrected chi connectivity index (χ0v) is 15.0. The molecule has 1 N–H and O–H groups in total. The molecular formula is C21H16N4O3. The van der Waals surface area contributed by atoms with E-state index in [4.69, 9.17) is 5.11 Å². The van der Waals surface area contributed by atoms with Gasteiger partial charge in [0, 0.05) is 18.8 Å². The van der Waals surface area contributed by atoms with Crippen molar-refractivity contribution in [2.75, 3.05) is 0 Å². The van der Waals surface area contributed by atoms with Crippen LogP contribution in [0.5, 0.6) is 0 Å². The first-order valence-electron chi connectivity index (χ1n) is 8.55. The van der Waals surface area contributed by atoms with Gasteiger partial charge in [-0.2, -0.15) is 5.10 Å². The second-order valence-corrected chi connectivity index (χ2v) is 6.26. The number of hydrogen-bond donors (Lipinski definition) is 1. The fourth-order valence-corrected chi connectivity index (χ4v) is 2.96. The van der Waals surface area contributed by atoms with Gasteiger partial charge < -0.3 is 5.11 Å². The van der Waals surface area contributed by atoms with Gasteiger partial charge in [0.25, 0.3) is 5.56 Å². The van der Waals surface area contributed by atoms with E-state index in [0.717, 1.165) is 5.56 Å². The van der Waals surface area contributed by atoms with Crippen LogP contribution in [0.25, 0.3) is 28.7 Å². The van der Waals surface area contributed by atoms with Crippen LogP contribution in [0.1, 0.15) is 21.7 Å². The average molecular weight is 372 g/mol. The maximum atomic E-state index is 13.1. The van der Waals surface area contributed by atoms with Crippen LogP contribution >= 0.6 is 0 Å². The molecule has 0 bridgehead atoms. The molecule has 0 saturated heterocycles. The third-order valence-corrected chi connectivity index (χ3v) is 4.32. The zero-order chi connectivity index (χ0) is 19.7. The Morgan fingerprint density at radius 1 is 1.07 bits per heavy atom. The predicted octanol–water partition coefficient (Wildman–Crippen LogP) is 2.99. The lowest BCUT2D eigenvalue weighted by atomic mass is 10.2. The van der Waals surface area contributed by atoms with Crippen LogP contribution < -0.4 is 5.56 Å². The number of aromatic carboxylic acids is 1. The van der Waals surface area contributed by atoms with Gasteiger partial charge in [0.05, 0.1) is 28.4 Å². The predicted molar refractivity (Wildman–Crippen MR) is 106 cm³/mol. The van der Waals surface area contributed by atoms with Crippen molar-refractivity contribution < 1.29 is 9.90 Å². The Balaban J connectivity index is 1.91. The van der Waals surface area contributed by atoms with Crippen LogP contribution in [-0.2, 0) is 7.05 Å². The summed E-state index contributed by atoms with van der Waals surface area (Å²) in [6.45, 7) is 0. The molecule has 0 aliphatic carbocycles. The van der Waals surface area contributed by atoms with Gasteiger partial charge in [-0.05, 0) is 48.6 Å². The van der Waals surface area contributed by atoms with Crippen molar-refractivity contribution in [2.45, 2.75) is 0 Å². The summed E-state index contributed by atoms with van der Waals surface area (Å²) in [6, 6.07) is 13.3. The maximum absolute atomic E-state index is 13.1. The number of nitrogens with zero attached hydrogens (tertiary/aromatic N) is 4. The van der Waals surface area contributed by atoms with E-state index in [9.17, 15) is 9.59 Å². The number of fused-ring (bicyclic) bond motifs is 1. The Hall–Kier alpha value is -4.00. The molecule has 2 aromatic heterocycles. The third-order valence-electron chi connectivity index (χ3n) is 4.32. The molecule has 0 aliphatic rings. The molecule has 2 heterocycles. The minimum absolute atomic E-state index is 0.151. The maximum Gasteiger partial charge on any atom is 0.335 e. The quantitative estimate of drug-likeness (QED) is 0.595. The van der Waals surface area contributed by atoms with Crippen molar-refractivity contribution in [3.05, 3.63) is 88.2 Å². The highest BCUT2D eigenvalue weighted by Crippen LogP contribution is 2.16. The lowest BCUT2D eigenvalue weighted by Crippen LogP contribution is -2.22. The van der Waals surface area contributed by atoms with Crippen LogP contribution in [-0.4, -0.2) is 30.4 Å². The molecule has 0 fully saturated rings. The van der Waals surface area contributed by atoms with Gasteiger partial charge in [0.2, 0.25) is 0 Å². The molecular weight excluding hydrogens is 356 g/mol. The molecule has 7 nitrogen and oxygen atoms in total. The molecule has 7 heteroatoms. The van der Waals surface area contributed by atoms with Gasteiger partial charge in [-0.3, -0.25) is 14.0 Å². The number of hydrogen-bond acceptors (Lipinski definition) is 4. The van der Waals surface area contributed by atoms with Crippen LogP contribution in [0.15, 0.2) is 65.7 Å². The first-order chi connectivity index (χ1) is 13.5. The standard InChI is InChI=1S/C21H16N4O3/c1-24-13-14(12-22-24)6-11-19-23-18-5-3-2-4-17(18)20(26)25(19)16-9-7-15(8-10-16)21(27)28/h2-13H,1H3,(H,27,28)/b11-6+. The van der Waals surface area contributed by atoms with Gasteiger partial charge in [-0.15, -0.1) is 0 Å². The van der Waals surface area contributed by atoms with Crippen LogP contribution in [0, 0.1) is 0 Å². The minimum Gasteiger partial charge on any atom is -0.478 e. The van der Waals surface area contributed by atoms with E-state index in [1.807, 2.05) is 25.4 Å². The largest absolute Gasteiger partial charge is 0.478 e. The van der Waals surface area contributed by atoms with Crippen LogP contribution in [0.4, 0.5) is 0 Å². The first kappa shape index (κ1) is 17.4. The number of aryl methyl sites for hydroxylation is 1. The molecule has 0 aliphatic heterocycles. The van der Waals surface area contributed by atoms with Crippen molar-refractivity contribution in [1.29, 1.82) is 0 Å². The molecule has 2 aromatic carbocycles. The number of carbonyl (C=O) groups is 1. The smallest absolute Gasteiger partial charge is 0.335 e. The SMILES string of the molecule is Cn1cc(/C=C/c2nc3ccccc3c(=O)n2-c2ccc(C(=O)O)cc2)cn1. The van der Waals surface area contributed by atoms with Crippen molar-refractivity contribution in [2.24, 2.45) is 7.05 Å². The summed E-state index contributed by atoms with van der Waals surface area (Å²) in [5.41, 5.74) is 1.94. The highest BCUT2D eigenvalue weighted by molar-refractivity contribution is 5.88. The normalized spacial score (nSPS) is 11.3. The first-order valence-corrected chi connectivity index (χ1v) is 8.55. The molecule has 0 radical (unpaired) electrons. The molecule has 0 saturated carbocycles. The monoisotopic (exact) mass is 372 g/mol. The summed E-state index contributed by atoms with van der Waals surface area (Å²) in [4.78, 5) is 28.9. The molecule has 0 unspecified atom stereocenters. The molecule has 138 valence electrons. The topological polar surface area (TPSA) is 90.0 Å². The molecule has 0 spiro atoms. The third kappa shape index (κ3) is 3.21. The Bertz CT molecular complexity index is 1270. The fourth-order valence-electron chi connectivity index (χ4n) is 2.96. The Morgan fingerprint density at radius 2 is 1.82 bits per heavy atom. The van der Waals surface area contributed by atoms with E-state index in [2.05, 4.69) is 10.1 Å². The second-order valence-electron chi connectivity index (χ2n) is 6.26. The van der Waals surface area contributed by atoms with Gasteiger partial charge >= 0.3 is 5.97 Å². The van der Waals surface area contributed by atoms with E-state index in [0.29, 0.717) is 22.4 Å². The van der Waals surface area contributed by atoms with Crippen LogP contribution in [0.3, 0.4) is 0 Å². The fraction of sp³-hybridized carbons (Fsp3) is 0.0476. The van der Waals surface area contributed by atoms with Gasteiger partial charge in [0.1, 0.15) is 5.82 Å². The van der Waals surface area contributed by atoms with Gasteiger partial charge in [-0.25, -0.2) is 9.78 Å². The van der Waals surface area contributed by atoms with Gasteiger partial charge in [0.15, 0.2) is 0 Å². The van der Waals surface area contributed by atoms with Crippen molar-refractivity contribution in [3.8, 4) is 5.69 Å². The second kappa shape index (κ2) is 6.96. The Labute approximate surface area is 159 Å². The van der Waals surface area contributed by atoms with Crippen molar-refractivity contribution in [3.63, 3.8) is 0 Å². The lowest BCUT2D eigenvalue weighted by Gasteiger charge is -2.11. The molecule has 0 amide bonds. The highest BCUT2D eigenvalue weighted by Gasteiger charge is 2.12. The van der Waals surface area contributed by atoms with E-state index < -0.39 is 5.97 Å². The number of carboxylic acids is 1. The summed E-state index contributed by atoms with van der Waals surface area (Å²) < 4.78 is 3.16. The van der Waals surface area contributed by atoms with Crippen molar-refractivity contribution in [1.82, 2.24) is 19.3 Å². The molecule has 28 heavy (non-hydrogen) atoms. The number of rotatable bonds is 4. The lowest BCUT2D eigenvalue weighted by molar-refractivity contribution is 0.0697. The molecule has 0 atom stereocenters. The van der Waals surface area contributed by atoms with E-state index in [-0.39, 0.29) is 11.1 Å². The minimum atomic E-state index is -1.02. The van der Waals surface area contributed by atoms with Gasteiger partial charge in [-0.1, -0.05) is 12.1 Å². The van der Waals surface area contributed by atoms with E-state index >= 15 is 0 Å². The summed E-state index contributed by atoms with van der Waals surface area (Å²) in [6.07, 6.45) is 7.13. The summed E-state index contributed by atoms with van der Waals surface area (Å²) >= 11 is 0. The zero-order valence-electron chi connectivity index (χ0n) is 15.0. The van der Waals surface area contributed by atoms with Crippen molar-refractivity contribution >= 4 is 29.0 Å². The van der Waals surface area contributed by atoms with E-state index in [1.165, 1.54) is 16.7 Å². The Morgan fingerprint density at radius 3 is 2.50 bits per heavy atom. The van der Waals surface area contributed by atoms with E-state index in [1.54, 1.807) is 47.3 Å². The average Bonchev–Trinajstić information content (AvgIpc) is 3.12. The number of carboxylic acid groups (broad SMARTS) is 1. The Kier molecular flexibility index (Phi) is 4.33. The molecule has 4 rings (SSSR count). The summed E-state index contributed by atoms with van der Waals surface area (Å²) in [5, 5.41) is 13.7. The number of aromatic nitrogens is 4. The highest BCUT2D eigenvalue weighted by atomic mass is 16.4.